The molecule has 1 heterocycles. The molecule has 0 spiro atoms. The van der Waals surface area contributed by atoms with Crippen molar-refractivity contribution in [1.82, 2.24) is 4.90 Å². The molecule has 1 rings (SSSR count). The summed E-state index contributed by atoms with van der Waals surface area (Å²) < 4.78 is 4.67. The summed E-state index contributed by atoms with van der Waals surface area (Å²) in [7, 11) is 1.94. The van der Waals surface area contributed by atoms with E-state index in [0.717, 1.165) is 19.5 Å². The van der Waals surface area contributed by atoms with Crippen LogP contribution in [0.3, 0.4) is 0 Å². The van der Waals surface area contributed by atoms with E-state index < -0.39 is 0 Å². The summed E-state index contributed by atoms with van der Waals surface area (Å²) in [6.45, 7) is 1.87. The van der Waals surface area contributed by atoms with Crippen LogP contribution < -0.4 is 0 Å². The summed E-state index contributed by atoms with van der Waals surface area (Å²) in [5.41, 5.74) is 0. The van der Waals surface area contributed by atoms with Gasteiger partial charge in [0, 0.05) is 33.0 Å². The van der Waals surface area contributed by atoms with E-state index in [2.05, 4.69) is 22.1 Å². The molecule has 4 heteroatoms. The van der Waals surface area contributed by atoms with Crippen molar-refractivity contribution < 1.29 is 4.18 Å². The number of rotatable bonds is 0. The minimum Gasteiger partial charge on any atom is -0.394 e. The second-order valence-corrected chi connectivity index (χ2v) is 2.21. The normalized spacial score (nSPS) is 19.3. The van der Waals surface area contributed by atoms with Gasteiger partial charge in [-0.1, -0.05) is 0 Å². The zero-order valence-electron chi connectivity index (χ0n) is 5.37. The van der Waals surface area contributed by atoms with Gasteiger partial charge < -0.3 is 9.08 Å². The van der Waals surface area contributed by atoms with Gasteiger partial charge in [-0.15, -0.1) is 0 Å². The zero-order valence-corrected chi connectivity index (χ0v) is 6.27. The molecule has 9 heavy (non-hydrogen) atoms. The van der Waals surface area contributed by atoms with E-state index in [1.54, 1.807) is 0 Å². The Hall–Kier alpha value is -0.380. The van der Waals surface area contributed by atoms with Gasteiger partial charge in [0.15, 0.2) is 0 Å². The van der Waals surface area contributed by atoms with Crippen LogP contribution in [0.4, 0.5) is 0 Å². The maximum absolute atomic E-state index is 4.67. The summed E-state index contributed by atoms with van der Waals surface area (Å²) >= 11 is 3.65. The Labute approximate surface area is 60.3 Å². The lowest BCUT2D eigenvalue weighted by Crippen LogP contribution is -2.32. The fraction of sp³-hybridized carbons (Fsp3) is 0.800. The van der Waals surface area contributed by atoms with Crippen LogP contribution in [0.2, 0.25) is 0 Å². The first-order valence-electron chi connectivity index (χ1n) is 2.91. The van der Waals surface area contributed by atoms with Crippen LogP contribution in [0.1, 0.15) is 6.42 Å². The molecular weight excluding hydrogens is 136 g/mol. The molecule has 1 aliphatic rings. The standard InChI is InChI=1S/C5H10N2OS/c1-7-4-2-3-6-5(7)8-9/h9H,2-4H2,1H3. The quantitative estimate of drug-likeness (QED) is 0.398. The highest BCUT2D eigenvalue weighted by Crippen LogP contribution is 2.01. The van der Waals surface area contributed by atoms with Crippen LogP contribution in [0.25, 0.3) is 0 Å². The highest BCUT2D eigenvalue weighted by atomic mass is 32.1. The summed E-state index contributed by atoms with van der Waals surface area (Å²) in [6, 6.07) is 0.629. The maximum atomic E-state index is 4.67. The fourth-order valence-corrected chi connectivity index (χ4v) is 0.995. The molecule has 0 aromatic carbocycles. The van der Waals surface area contributed by atoms with Crippen LogP contribution in [0.15, 0.2) is 4.99 Å². The smallest absolute Gasteiger partial charge is 0.299 e. The molecule has 0 bridgehead atoms. The third kappa shape index (κ3) is 1.51. The summed E-state index contributed by atoms with van der Waals surface area (Å²) in [5, 5.41) is 0. The Bertz CT molecular complexity index is 126. The highest BCUT2D eigenvalue weighted by molar-refractivity contribution is 7.75. The Kier molecular flexibility index (Phi) is 2.22. The van der Waals surface area contributed by atoms with Crippen molar-refractivity contribution in [2.24, 2.45) is 4.99 Å². The number of hydrogen-bond acceptors (Lipinski definition) is 4. The highest BCUT2D eigenvalue weighted by Gasteiger charge is 2.09. The Balaban J connectivity index is 2.53. The third-order valence-corrected chi connectivity index (χ3v) is 1.47. The molecule has 0 unspecified atom stereocenters. The average Bonchev–Trinajstić information content (AvgIpc) is 1.89. The molecule has 1 aliphatic heterocycles. The van der Waals surface area contributed by atoms with E-state index in [4.69, 9.17) is 0 Å². The number of nitrogens with zero attached hydrogens (tertiary/aromatic N) is 2. The maximum Gasteiger partial charge on any atom is 0.299 e. The van der Waals surface area contributed by atoms with Crippen LogP contribution >= 0.6 is 12.9 Å². The first kappa shape index (κ1) is 6.74. The zero-order chi connectivity index (χ0) is 6.69. The summed E-state index contributed by atoms with van der Waals surface area (Å²) in [5.74, 6) is 0. The van der Waals surface area contributed by atoms with Crippen molar-refractivity contribution >= 4 is 18.9 Å². The number of thiol groups is 1. The second-order valence-electron chi connectivity index (χ2n) is 2.03. The van der Waals surface area contributed by atoms with E-state index in [0.29, 0.717) is 6.02 Å². The Morgan fingerprint density at radius 2 is 2.56 bits per heavy atom. The molecule has 0 atom stereocenters. The molecule has 0 aromatic heterocycles. The lowest BCUT2D eigenvalue weighted by molar-refractivity contribution is 0.386. The summed E-state index contributed by atoms with van der Waals surface area (Å²) in [6.07, 6.45) is 1.11. The number of amidine groups is 1. The van der Waals surface area contributed by atoms with Crippen LogP contribution in [0, 0.1) is 0 Å². The molecule has 3 nitrogen and oxygen atoms in total. The van der Waals surface area contributed by atoms with Crippen molar-refractivity contribution in [3.05, 3.63) is 0 Å². The minimum absolute atomic E-state index is 0.629. The fourth-order valence-electron chi connectivity index (χ4n) is 0.797. The molecule has 0 radical (unpaired) electrons. The summed E-state index contributed by atoms with van der Waals surface area (Å²) in [4.78, 5) is 6.01. The van der Waals surface area contributed by atoms with Crippen LogP contribution in [-0.2, 0) is 4.18 Å². The van der Waals surface area contributed by atoms with Crippen molar-refractivity contribution in [3.63, 3.8) is 0 Å². The molecule has 0 saturated heterocycles. The monoisotopic (exact) mass is 146 g/mol. The molecule has 0 aromatic rings. The van der Waals surface area contributed by atoms with Crippen LogP contribution in [-0.4, -0.2) is 31.1 Å². The average molecular weight is 146 g/mol. The Morgan fingerprint density at radius 1 is 1.78 bits per heavy atom. The van der Waals surface area contributed by atoms with Crippen molar-refractivity contribution in [2.75, 3.05) is 20.1 Å². The van der Waals surface area contributed by atoms with Gasteiger partial charge in [-0.05, 0) is 6.42 Å². The number of aliphatic imine (C=N–C) groups is 1. The number of hydrogen-bond donors (Lipinski definition) is 1. The van der Waals surface area contributed by atoms with Crippen LogP contribution in [0.5, 0.6) is 0 Å². The Morgan fingerprint density at radius 3 is 3.00 bits per heavy atom. The lowest BCUT2D eigenvalue weighted by Gasteiger charge is -2.21. The van der Waals surface area contributed by atoms with Crippen molar-refractivity contribution in [1.29, 1.82) is 0 Å². The van der Waals surface area contributed by atoms with Gasteiger partial charge in [-0.2, -0.15) is 0 Å². The van der Waals surface area contributed by atoms with Gasteiger partial charge in [0.25, 0.3) is 6.02 Å². The van der Waals surface area contributed by atoms with Gasteiger partial charge in [-0.3, -0.25) is 0 Å². The largest absolute Gasteiger partial charge is 0.394 e. The van der Waals surface area contributed by atoms with E-state index >= 15 is 0 Å². The molecule has 0 fully saturated rings. The molecular formula is C5H10N2OS. The van der Waals surface area contributed by atoms with Gasteiger partial charge in [-0.25, -0.2) is 4.99 Å². The molecule has 0 amide bonds. The first-order valence-corrected chi connectivity index (χ1v) is 3.28. The van der Waals surface area contributed by atoms with E-state index in [-0.39, 0.29) is 0 Å². The SMILES string of the molecule is CN1CCCN=C1OS. The molecule has 52 valence electrons. The third-order valence-electron chi connectivity index (χ3n) is 1.31. The van der Waals surface area contributed by atoms with Gasteiger partial charge in [0.1, 0.15) is 0 Å². The molecule has 0 aliphatic carbocycles. The van der Waals surface area contributed by atoms with E-state index in [9.17, 15) is 0 Å². The van der Waals surface area contributed by atoms with Crippen molar-refractivity contribution in [2.45, 2.75) is 6.42 Å². The first-order chi connectivity index (χ1) is 4.34. The minimum atomic E-state index is 0.629. The molecule has 0 saturated carbocycles. The topological polar surface area (TPSA) is 24.8 Å². The van der Waals surface area contributed by atoms with Crippen molar-refractivity contribution in [3.8, 4) is 0 Å². The second kappa shape index (κ2) is 2.96. The molecule has 0 N–H and O–H groups in total. The van der Waals surface area contributed by atoms with E-state index in [1.807, 2.05) is 11.9 Å². The van der Waals surface area contributed by atoms with E-state index in [1.165, 1.54) is 0 Å². The predicted octanol–water partition coefficient (Wildman–Crippen LogP) is 0.539. The lowest BCUT2D eigenvalue weighted by atomic mass is 10.4. The van der Waals surface area contributed by atoms with Gasteiger partial charge in [0.2, 0.25) is 0 Å². The van der Waals surface area contributed by atoms with Gasteiger partial charge in [0.05, 0.1) is 0 Å². The van der Waals surface area contributed by atoms with Gasteiger partial charge >= 0.3 is 0 Å². The predicted molar refractivity (Wildman–Crippen MR) is 39.6 cm³/mol.